The molecule has 0 saturated carbocycles. The molecule has 0 aromatic rings. The maximum Gasteiger partial charge on any atom is 0.0465 e. The van der Waals surface area contributed by atoms with Crippen LogP contribution in [0.5, 0.6) is 0 Å². The first kappa shape index (κ1) is 9.92. The predicted molar refractivity (Wildman–Crippen MR) is 44.2 cm³/mol. The van der Waals surface area contributed by atoms with E-state index < -0.39 is 0 Å². The zero-order chi connectivity index (χ0) is 7.98. The highest BCUT2D eigenvalue weighted by Gasteiger charge is 2.08. The molecule has 0 saturated heterocycles. The molecular formula is C8H19NO. The third-order valence-electron chi connectivity index (χ3n) is 2.09. The summed E-state index contributed by atoms with van der Waals surface area (Å²) in [4.78, 5) is 0. The van der Waals surface area contributed by atoms with E-state index in [9.17, 15) is 0 Å². The molecule has 2 unspecified atom stereocenters. The van der Waals surface area contributed by atoms with E-state index in [0.29, 0.717) is 12.0 Å². The van der Waals surface area contributed by atoms with Crippen LogP contribution in [-0.4, -0.2) is 26.8 Å². The Morgan fingerprint density at radius 2 is 2.00 bits per heavy atom. The van der Waals surface area contributed by atoms with E-state index >= 15 is 0 Å². The number of rotatable bonds is 5. The Hall–Kier alpha value is -0.0800. The molecule has 10 heavy (non-hydrogen) atoms. The molecule has 0 spiro atoms. The Labute approximate surface area is 64.0 Å². The quantitative estimate of drug-likeness (QED) is 0.629. The second-order valence-electron chi connectivity index (χ2n) is 2.84. The van der Waals surface area contributed by atoms with Gasteiger partial charge in [0.2, 0.25) is 0 Å². The molecule has 0 aromatic carbocycles. The maximum atomic E-state index is 4.98. The van der Waals surface area contributed by atoms with E-state index in [4.69, 9.17) is 4.74 Å². The Morgan fingerprint density at radius 1 is 1.40 bits per heavy atom. The lowest BCUT2D eigenvalue weighted by Gasteiger charge is -2.18. The van der Waals surface area contributed by atoms with Gasteiger partial charge in [-0.05, 0) is 26.3 Å². The van der Waals surface area contributed by atoms with Gasteiger partial charge in [0.25, 0.3) is 0 Å². The average molecular weight is 145 g/mol. The van der Waals surface area contributed by atoms with Crippen molar-refractivity contribution in [2.24, 2.45) is 5.92 Å². The van der Waals surface area contributed by atoms with Crippen molar-refractivity contribution in [3.8, 4) is 0 Å². The Balaban J connectivity index is 3.31. The summed E-state index contributed by atoms with van der Waals surface area (Å²) in [6.07, 6.45) is 1.14. The lowest BCUT2D eigenvalue weighted by Crippen LogP contribution is -2.29. The maximum absolute atomic E-state index is 4.98. The molecule has 0 amide bonds. The third-order valence-corrected chi connectivity index (χ3v) is 2.09. The van der Waals surface area contributed by atoms with Crippen molar-refractivity contribution in [2.75, 3.05) is 20.8 Å². The van der Waals surface area contributed by atoms with Crippen molar-refractivity contribution in [1.82, 2.24) is 5.32 Å². The zero-order valence-electron chi connectivity index (χ0n) is 7.48. The summed E-state index contributed by atoms with van der Waals surface area (Å²) in [5.74, 6) is 0.699. The summed E-state index contributed by atoms with van der Waals surface area (Å²) < 4.78 is 4.98. The van der Waals surface area contributed by atoms with E-state index in [1.54, 1.807) is 7.11 Å². The number of nitrogens with one attached hydrogen (secondary N) is 1. The first-order chi connectivity index (χ1) is 4.72. The van der Waals surface area contributed by atoms with Crippen molar-refractivity contribution < 1.29 is 4.74 Å². The molecule has 0 aliphatic carbocycles. The summed E-state index contributed by atoms with van der Waals surface area (Å²) >= 11 is 0. The minimum atomic E-state index is 0.593. The summed E-state index contributed by atoms with van der Waals surface area (Å²) in [5.41, 5.74) is 0. The molecule has 2 nitrogen and oxygen atoms in total. The Kier molecular flexibility index (Phi) is 5.64. The average Bonchev–Trinajstić information content (AvgIpc) is 1.98. The minimum Gasteiger partial charge on any atom is -0.385 e. The number of hydrogen-bond acceptors (Lipinski definition) is 2. The Bertz CT molecular complexity index is 75.7. The number of methoxy groups -OCH3 is 1. The van der Waals surface area contributed by atoms with Crippen LogP contribution >= 0.6 is 0 Å². The van der Waals surface area contributed by atoms with Crippen molar-refractivity contribution in [2.45, 2.75) is 26.3 Å². The van der Waals surface area contributed by atoms with Crippen molar-refractivity contribution in [3.05, 3.63) is 0 Å². The summed E-state index contributed by atoms with van der Waals surface area (Å²) in [6, 6.07) is 0.593. The Morgan fingerprint density at radius 3 is 2.40 bits per heavy atom. The fourth-order valence-electron chi connectivity index (χ4n) is 0.838. The van der Waals surface area contributed by atoms with Crippen LogP contribution in [0.2, 0.25) is 0 Å². The minimum absolute atomic E-state index is 0.593. The van der Waals surface area contributed by atoms with Crippen LogP contribution < -0.4 is 5.32 Å². The molecular weight excluding hydrogens is 126 g/mol. The van der Waals surface area contributed by atoms with Crippen molar-refractivity contribution >= 4 is 0 Å². The van der Waals surface area contributed by atoms with Gasteiger partial charge in [-0.3, -0.25) is 0 Å². The van der Waals surface area contributed by atoms with Crippen LogP contribution in [0.4, 0.5) is 0 Å². The van der Waals surface area contributed by atoms with Gasteiger partial charge in [0, 0.05) is 19.8 Å². The fraction of sp³-hybridized carbons (Fsp3) is 1.00. The monoisotopic (exact) mass is 145 g/mol. The molecule has 0 aromatic heterocycles. The van der Waals surface area contributed by atoms with Gasteiger partial charge in [0.1, 0.15) is 0 Å². The zero-order valence-corrected chi connectivity index (χ0v) is 7.48. The molecule has 0 bridgehead atoms. The smallest absolute Gasteiger partial charge is 0.0465 e. The molecule has 0 radical (unpaired) electrons. The van der Waals surface area contributed by atoms with Crippen LogP contribution in [0.1, 0.15) is 20.3 Å². The van der Waals surface area contributed by atoms with E-state index in [1.165, 1.54) is 0 Å². The highest BCUT2D eigenvalue weighted by molar-refractivity contribution is 4.65. The summed E-state index contributed by atoms with van der Waals surface area (Å²) in [7, 11) is 3.74. The molecule has 0 aliphatic heterocycles. The molecule has 0 aliphatic rings. The van der Waals surface area contributed by atoms with Gasteiger partial charge in [-0.15, -0.1) is 0 Å². The highest BCUT2D eigenvalue weighted by atomic mass is 16.5. The summed E-state index contributed by atoms with van der Waals surface area (Å²) in [6.45, 7) is 5.30. The SMILES string of the molecule is CNC(C)C(C)CCOC. The molecule has 62 valence electrons. The van der Waals surface area contributed by atoms with Gasteiger partial charge in [0.05, 0.1) is 0 Å². The van der Waals surface area contributed by atoms with Crippen LogP contribution in [0.15, 0.2) is 0 Å². The van der Waals surface area contributed by atoms with Crippen LogP contribution in [-0.2, 0) is 4.74 Å². The largest absolute Gasteiger partial charge is 0.385 e. The van der Waals surface area contributed by atoms with Crippen LogP contribution in [0.25, 0.3) is 0 Å². The van der Waals surface area contributed by atoms with Gasteiger partial charge in [-0.25, -0.2) is 0 Å². The second-order valence-corrected chi connectivity index (χ2v) is 2.84. The number of ether oxygens (including phenoxy) is 1. The molecule has 1 N–H and O–H groups in total. The predicted octanol–water partition coefficient (Wildman–Crippen LogP) is 1.27. The molecule has 2 atom stereocenters. The lowest BCUT2D eigenvalue weighted by molar-refractivity contribution is 0.173. The van der Waals surface area contributed by atoms with Gasteiger partial charge in [-0.2, -0.15) is 0 Å². The van der Waals surface area contributed by atoms with E-state index in [1.807, 2.05) is 7.05 Å². The van der Waals surface area contributed by atoms with Gasteiger partial charge < -0.3 is 10.1 Å². The van der Waals surface area contributed by atoms with E-state index in [0.717, 1.165) is 13.0 Å². The summed E-state index contributed by atoms with van der Waals surface area (Å²) in [5, 5.41) is 3.22. The van der Waals surface area contributed by atoms with Crippen LogP contribution in [0.3, 0.4) is 0 Å². The van der Waals surface area contributed by atoms with Gasteiger partial charge in [0.15, 0.2) is 0 Å². The van der Waals surface area contributed by atoms with Crippen LogP contribution in [0, 0.1) is 5.92 Å². The molecule has 0 heterocycles. The number of hydrogen-bond donors (Lipinski definition) is 1. The highest BCUT2D eigenvalue weighted by Crippen LogP contribution is 2.06. The van der Waals surface area contributed by atoms with E-state index in [2.05, 4.69) is 19.2 Å². The second kappa shape index (κ2) is 5.69. The molecule has 0 fully saturated rings. The molecule has 2 heteroatoms. The third kappa shape index (κ3) is 3.85. The van der Waals surface area contributed by atoms with Crippen molar-refractivity contribution in [1.29, 1.82) is 0 Å². The van der Waals surface area contributed by atoms with E-state index in [-0.39, 0.29) is 0 Å². The fourth-order valence-corrected chi connectivity index (χ4v) is 0.838. The molecule has 0 rings (SSSR count). The topological polar surface area (TPSA) is 21.3 Å². The lowest BCUT2D eigenvalue weighted by atomic mass is 10.0. The van der Waals surface area contributed by atoms with Gasteiger partial charge >= 0.3 is 0 Å². The first-order valence-electron chi connectivity index (χ1n) is 3.88. The normalized spacial score (nSPS) is 16.8. The van der Waals surface area contributed by atoms with Gasteiger partial charge in [-0.1, -0.05) is 6.92 Å². The van der Waals surface area contributed by atoms with Crippen molar-refractivity contribution in [3.63, 3.8) is 0 Å². The first-order valence-corrected chi connectivity index (χ1v) is 3.88. The standard InChI is InChI=1S/C8H19NO/c1-7(5-6-10-4)8(2)9-3/h7-9H,5-6H2,1-4H3.